The number of carboxylic acids is 2. The van der Waals surface area contributed by atoms with Gasteiger partial charge < -0.3 is 43.4 Å². The maximum absolute atomic E-state index is 12.9. The van der Waals surface area contributed by atoms with Crippen LogP contribution in [0.25, 0.3) is 0 Å². The van der Waals surface area contributed by atoms with Crippen LogP contribution in [0.2, 0.25) is 0 Å². The van der Waals surface area contributed by atoms with E-state index in [1.54, 1.807) is 13.8 Å². The predicted octanol–water partition coefficient (Wildman–Crippen LogP) is -3.10. The molecule has 0 saturated carbocycles. The number of carboxylic acid groups (broad SMARTS) is 2. The fourth-order valence-electron chi connectivity index (χ4n) is 2.89. The molecule has 0 bridgehead atoms. The molecule has 0 radical (unpaired) electrons. The summed E-state index contributed by atoms with van der Waals surface area (Å²) >= 11 is 0. The van der Waals surface area contributed by atoms with Crippen molar-refractivity contribution in [1.82, 2.24) is 16.0 Å². The van der Waals surface area contributed by atoms with Crippen molar-refractivity contribution >= 4 is 41.5 Å². The third kappa shape index (κ3) is 12.3. The molecule has 0 aromatic heterocycles. The lowest BCUT2D eigenvalue weighted by Gasteiger charge is -2.28. The van der Waals surface area contributed by atoms with Crippen molar-refractivity contribution in [2.75, 3.05) is 0 Å². The highest BCUT2D eigenvalue weighted by Gasteiger charge is 2.33. The van der Waals surface area contributed by atoms with Gasteiger partial charge in [-0.05, 0) is 18.8 Å². The first-order valence-corrected chi connectivity index (χ1v) is 10.9. The fourth-order valence-corrected chi connectivity index (χ4v) is 2.89. The van der Waals surface area contributed by atoms with Crippen LogP contribution in [0.4, 0.5) is 0 Å². The summed E-state index contributed by atoms with van der Waals surface area (Å²) < 4.78 is 0. The molecule has 0 aromatic rings. The number of hydrogen-bond donors (Lipinski definition) is 8. The van der Waals surface area contributed by atoms with Crippen molar-refractivity contribution in [1.29, 1.82) is 0 Å². The molecular formula is C20H34N6O9. The van der Waals surface area contributed by atoms with Crippen LogP contribution in [0.15, 0.2) is 0 Å². The van der Waals surface area contributed by atoms with Crippen LogP contribution in [0.1, 0.15) is 52.4 Å². The molecule has 5 atom stereocenters. The molecule has 11 N–H and O–H groups in total. The summed E-state index contributed by atoms with van der Waals surface area (Å²) in [6.07, 6.45) is -1.56. The summed E-state index contributed by atoms with van der Waals surface area (Å²) in [4.78, 5) is 82.4. The SMILES string of the molecule is CCC(C)C(NC(=O)C(CCC(N)=O)NC(=O)C(N)CC(N)=O)C(=O)NC(CCC(=O)O)C(=O)O. The van der Waals surface area contributed by atoms with Crippen LogP contribution < -0.4 is 33.2 Å². The molecule has 0 spiro atoms. The summed E-state index contributed by atoms with van der Waals surface area (Å²) in [5.41, 5.74) is 15.7. The summed E-state index contributed by atoms with van der Waals surface area (Å²) in [6, 6.07) is -5.50. The minimum absolute atomic E-state index is 0.249. The van der Waals surface area contributed by atoms with E-state index in [1.165, 1.54) is 0 Å². The molecule has 0 aliphatic rings. The molecular weight excluding hydrogens is 468 g/mol. The molecule has 0 saturated heterocycles. The first kappa shape index (κ1) is 31.2. The van der Waals surface area contributed by atoms with Gasteiger partial charge in [0.05, 0.1) is 12.5 Å². The van der Waals surface area contributed by atoms with E-state index in [9.17, 15) is 38.7 Å². The smallest absolute Gasteiger partial charge is 0.326 e. The Labute approximate surface area is 201 Å². The van der Waals surface area contributed by atoms with Crippen LogP contribution in [0.5, 0.6) is 0 Å². The maximum Gasteiger partial charge on any atom is 0.326 e. The van der Waals surface area contributed by atoms with Gasteiger partial charge in [0.1, 0.15) is 18.1 Å². The number of rotatable bonds is 17. The molecule has 0 aromatic carbocycles. The van der Waals surface area contributed by atoms with Crippen LogP contribution in [-0.4, -0.2) is 75.9 Å². The molecule has 198 valence electrons. The van der Waals surface area contributed by atoms with Crippen LogP contribution in [-0.2, 0) is 33.6 Å². The first-order chi connectivity index (χ1) is 16.2. The van der Waals surface area contributed by atoms with Crippen molar-refractivity contribution < 1.29 is 43.8 Å². The van der Waals surface area contributed by atoms with Gasteiger partial charge in [-0.3, -0.25) is 28.8 Å². The number of hydrogen-bond acceptors (Lipinski definition) is 8. The van der Waals surface area contributed by atoms with Crippen LogP contribution in [0, 0.1) is 5.92 Å². The monoisotopic (exact) mass is 502 g/mol. The van der Waals surface area contributed by atoms with Gasteiger partial charge in [-0.2, -0.15) is 0 Å². The molecule has 0 fully saturated rings. The van der Waals surface area contributed by atoms with E-state index in [2.05, 4.69) is 16.0 Å². The molecule has 0 aliphatic heterocycles. The lowest BCUT2D eigenvalue weighted by Crippen LogP contribution is -2.59. The van der Waals surface area contributed by atoms with Crippen molar-refractivity contribution in [2.45, 2.75) is 76.5 Å². The zero-order chi connectivity index (χ0) is 27.3. The summed E-state index contributed by atoms with van der Waals surface area (Å²) in [7, 11) is 0. The normalized spacial score (nSPS) is 14.9. The van der Waals surface area contributed by atoms with Gasteiger partial charge >= 0.3 is 11.9 Å². The highest BCUT2D eigenvalue weighted by atomic mass is 16.4. The van der Waals surface area contributed by atoms with Gasteiger partial charge in [-0.15, -0.1) is 0 Å². The third-order valence-electron chi connectivity index (χ3n) is 5.12. The zero-order valence-corrected chi connectivity index (χ0v) is 19.6. The summed E-state index contributed by atoms with van der Waals surface area (Å²) in [5.74, 6) is -7.49. The number of carbonyl (C=O) groups is 7. The van der Waals surface area contributed by atoms with Gasteiger partial charge in [-0.25, -0.2) is 4.79 Å². The van der Waals surface area contributed by atoms with E-state index in [1.807, 2.05) is 0 Å². The van der Waals surface area contributed by atoms with E-state index in [0.717, 1.165) is 0 Å². The minimum Gasteiger partial charge on any atom is -0.481 e. The van der Waals surface area contributed by atoms with Gasteiger partial charge in [0.2, 0.25) is 29.5 Å². The number of amides is 5. The quantitative estimate of drug-likeness (QED) is 0.0991. The Balaban J connectivity index is 5.63. The zero-order valence-electron chi connectivity index (χ0n) is 19.6. The van der Waals surface area contributed by atoms with Gasteiger partial charge in [0.25, 0.3) is 0 Å². The Hall–Kier alpha value is -3.75. The van der Waals surface area contributed by atoms with Gasteiger partial charge in [0, 0.05) is 12.8 Å². The number of primary amides is 2. The van der Waals surface area contributed by atoms with E-state index in [0.29, 0.717) is 6.42 Å². The topological polar surface area (TPSA) is 274 Å². The lowest BCUT2D eigenvalue weighted by molar-refractivity contribution is -0.143. The molecule has 0 heterocycles. The Morgan fingerprint density at radius 3 is 1.77 bits per heavy atom. The highest BCUT2D eigenvalue weighted by molar-refractivity contribution is 5.95. The van der Waals surface area contributed by atoms with E-state index < -0.39 is 84.4 Å². The van der Waals surface area contributed by atoms with E-state index in [4.69, 9.17) is 22.3 Å². The Morgan fingerprint density at radius 1 is 0.771 bits per heavy atom. The number of aliphatic carboxylic acids is 2. The van der Waals surface area contributed by atoms with Crippen LogP contribution >= 0.6 is 0 Å². The Kier molecular flexibility index (Phi) is 13.6. The third-order valence-corrected chi connectivity index (χ3v) is 5.12. The fraction of sp³-hybridized carbons (Fsp3) is 0.650. The molecule has 0 rings (SSSR count). The minimum atomic E-state index is -1.51. The van der Waals surface area contributed by atoms with Crippen molar-refractivity contribution in [2.24, 2.45) is 23.1 Å². The molecule has 5 amide bonds. The lowest BCUT2D eigenvalue weighted by atomic mass is 9.96. The Morgan fingerprint density at radius 2 is 1.31 bits per heavy atom. The molecule has 15 heteroatoms. The van der Waals surface area contributed by atoms with Crippen molar-refractivity contribution in [3.05, 3.63) is 0 Å². The van der Waals surface area contributed by atoms with Crippen molar-refractivity contribution in [3.8, 4) is 0 Å². The highest BCUT2D eigenvalue weighted by Crippen LogP contribution is 2.11. The molecule has 0 aliphatic carbocycles. The largest absolute Gasteiger partial charge is 0.481 e. The summed E-state index contributed by atoms with van der Waals surface area (Å²) in [5, 5.41) is 25.0. The molecule has 35 heavy (non-hydrogen) atoms. The second-order valence-electron chi connectivity index (χ2n) is 8.05. The molecule has 5 unspecified atom stereocenters. The van der Waals surface area contributed by atoms with Gasteiger partial charge in [0.15, 0.2) is 0 Å². The van der Waals surface area contributed by atoms with Gasteiger partial charge in [-0.1, -0.05) is 20.3 Å². The first-order valence-electron chi connectivity index (χ1n) is 10.9. The van der Waals surface area contributed by atoms with Crippen LogP contribution in [0.3, 0.4) is 0 Å². The second-order valence-corrected chi connectivity index (χ2v) is 8.05. The van der Waals surface area contributed by atoms with Crippen molar-refractivity contribution in [3.63, 3.8) is 0 Å². The second kappa shape index (κ2) is 15.2. The predicted molar refractivity (Wildman–Crippen MR) is 120 cm³/mol. The van der Waals surface area contributed by atoms with E-state index >= 15 is 0 Å². The Bertz CT molecular complexity index is 819. The number of nitrogens with one attached hydrogen (secondary N) is 3. The number of carbonyl (C=O) groups excluding carboxylic acids is 5. The van der Waals surface area contributed by atoms with E-state index in [-0.39, 0.29) is 19.3 Å². The molecule has 15 nitrogen and oxygen atoms in total. The average molecular weight is 503 g/mol. The number of nitrogens with two attached hydrogens (primary N) is 3. The summed E-state index contributed by atoms with van der Waals surface area (Å²) in [6.45, 7) is 3.32. The standard InChI is InChI=1S/C20H34N6O9/c1-3-9(2)16(19(33)25-12(20(34)35)5-7-15(29)30)26-18(32)11(4-6-13(22)27)24-17(31)10(21)8-14(23)28/h9-12,16H,3-8,21H2,1-2H3,(H2,22,27)(H2,23,28)(H,24,31)(H,25,33)(H,26,32)(H,29,30)(H,34,35). The average Bonchev–Trinajstić information content (AvgIpc) is 2.75. The maximum atomic E-state index is 12.9.